The molecule has 1 fully saturated rings. The number of carbonyl (C=O) groups excluding carboxylic acids is 2. The molecule has 8 heteroatoms. The normalized spacial score (nSPS) is 19.8. The van der Waals surface area contributed by atoms with E-state index in [-0.39, 0.29) is 12.5 Å². The zero-order valence-corrected chi connectivity index (χ0v) is 10.2. The van der Waals surface area contributed by atoms with Gasteiger partial charge in [-0.2, -0.15) is 13.2 Å². The first kappa shape index (κ1) is 14.6. The molecule has 0 saturated carbocycles. The summed E-state index contributed by atoms with van der Waals surface area (Å²) < 4.78 is 39.9. The average Bonchev–Trinajstić information content (AvgIpc) is 2.72. The number of ether oxygens (including phenoxy) is 1. The molecular formula is C10H15F3N2O3. The number of hydrogen-bond acceptors (Lipinski definition) is 3. The van der Waals surface area contributed by atoms with Crippen LogP contribution >= 0.6 is 0 Å². The Kier molecular flexibility index (Phi) is 4.42. The number of likely N-dealkylation sites (N-methyl/N-ethyl adjacent to an activating group) is 1. The van der Waals surface area contributed by atoms with E-state index in [4.69, 9.17) is 0 Å². The van der Waals surface area contributed by atoms with Crippen LogP contribution < -0.4 is 0 Å². The number of nitrogens with zero attached hydrogens (tertiary/aromatic N) is 2. The minimum absolute atomic E-state index is 0.237. The second kappa shape index (κ2) is 5.45. The smallest absolute Gasteiger partial charge is 0.422 e. The van der Waals surface area contributed by atoms with E-state index < -0.39 is 24.9 Å². The first-order chi connectivity index (χ1) is 8.22. The Labute approximate surface area is 102 Å². The molecule has 1 heterocycles. The van der Waals surface area contributed by atoms with E-state index in [1.165, 1.54) is 19.0 Å². The molecule has 1 aliphatic heterocycles. The van der Waals surface area contributed by atoms with Crippen molar-refractivity contribution in [1.29, 1.82) is 0 Å². The Bertz CT molecular complexity index is 331. The molecule has 2 amide bonds. The Morgan fingerprint density at radius 1 is 1.39 bits per heavy atom. The molecule has 0 radical (unpaired) electrons. The van der Waals surface area contributed by atoms with Crippen molar-refractivity contribution in [1.82, 2.24) is 9.80 Å². The zero-order valence-electron chi connectivity index (χ0n) is 10.2. The quantitative estimate of drug-likeness (QED) is 0.757. The number of halogens is 3. The Hall–Kier alpha value is -1.47. The first-order valence-corrected chi connectivity index (χ1v) is 5.43. The van der Waals surface area contributed by atoms with E-state index in [9.17, 15) is 22.8 Å². The predicted octanol–water partition coefficient (Wildman–Crippen LogP) is 1.24. The molecule has 104 valence electrons. The van der Waals surface area contributed by atoms with E-state index in [1.54, 1.807) is 0 Å². The maximum atomic E-state index is 11.9. The van der Waals surface area contributed by atoms with Gasteiger partial charge < -0.3 is 9.64 Å². The van der Waals surface area contributed by atoms with Gasteiger partial charge in [-0.1, -0.05) is 0 Å². The zero-order chi connectivity index (χ0) is 13.9. The van der Waals surface area contributed by atoms with E-state index in [0.29, 0.717) is 12.8 Å². The topological polar surface area (TPSA) is 49.9 Å². The largest absolute Gasteiger partial charge is 0.440 e. The fourth-order valence-corrected chi connectivity index (χ4v) is 1.77. The van der Waals surface area contributed by atoms with E-state index in [2.05, 4.69) is 4.74 Å². The van der Waals surface area contributed by atoms with Crippen molar-refractivity contribution in [3.63, 3.8) is 0 Å². The number of likely N-dealkylation sites (tertiary alicyclic amines) is 1. The minimum Gasteiger partial charge on any atom is -0.440 e. The maximum absolute atomic E-state index is 11.9. The standard InChI is InChI=1S/C10H15F3N2O3/c1-14(2)8(16)7-4-3-5-15(7)9(17)18-6-10(11,12)13/h7H,3-6H2,1-2H3/t7-/m1/s1. The summed E-state index contributed by atoms with van der Waals surface area (Å²) in [6.45, 7) is -1.40. The molecule has 0 aromatic carbocycles. The third-order valence-electron chi connectivity index (χ3n) is 2.57. The van der Waals surface area contributed by atoms with Crippen LogP contribution in [-0.2, 0) is 9.53 Å². The van der Waals surface area contributed by atoms with Crippen LogP contribution in [0.5, 0.6) is 0 Å². The molecule has 0 N–H and O–H groups in total. The van der Waals surface area contributed by atoms with Crippen LogP contribution in [0.15, 0.2) is 0 Å². The monoisotopic (exact) mass is 268 g/mol. The van der Waals surface area contributed by atoms with Crippen molar-refractivity contribution < 1.29 is 27.5 Å². The summed E-state index contributed by atoms with van der Waals surface area (Å²) in [5, 5.41) is 0. The summed E-state index contributed by atoms with van der Waals surface area (Å²) in [5.74, 6) is -0.309. The van der Waals surface area contributed by atoms with Gasteiger partial charge in [0.1, 0.15) is 6.04 Å². The summed E-state index contributed by atoms with van der Waals surface area (Å²) in [5.41, 5.74) is 0. The molecule has 1 saturated heterocycles. The molecule has 1 aliphatic rings. The highest BCUT2D eigenvalue weighted by atomic mass is 19.4. The molecule has 0 aliphatic carbocycles. The number of hydrogen-bond donors (Lipinski definition) is 0. The van der Waals surface area contributed by atoms with Crippen molar-refractivity contribution in [2.24, 2.45) is 0 Å². The van der Waals surface area contributed by atoms with Gasteiger partial charge in [-0.25, -0.2) is 4.79 Å². The van der Waals surface area contributed by atoms with E-state index in [0.717, 1.165) is 4.90 Å². The molecule has 1 rings (SSSR count). The van der Waals surface area contributed by atoms with E-state index in [1.807, 2.05) is 0 Å². The van der Waals surface area contributed by atoms with Crippen LogP contribution in [0.2, 0.25) is 0 Å². The molecule has 0 aromatic heterocycles. The van der Waals surface area contributed by atoms with Crippen LogP contribution in [0.4, 0.5) is 18.0 Å². The van der Waals surface area contributed by atoms with Gasteiger partial charge in [-0.05, 0) is 12.8 Å². The van der Waals surface area contributed by atoms with Gasteiger partial charge in [0.05, 0.1) is 0 Å². The van der Waals surface area contributed by atoms with Crippen molar-refractivity contribution in [2.45, 2.75) is 25.1 Å². The predicted molar refractivity (Wildman–Crippen MR) is 55.8 cm³/mol. The van der Waals surface area contributed by atoms with Crippen molar-refractivity contribution in [3.8, 4) is 0 Å². The second-order valence-electron chi connectivity index (χ2n) is 4.25. The fraction of sp³-hybridized carbons (Fsp3) is 0.800. The van der Waals surface area contributed by atoms with Gasteiger partial charge >= 0.3 is 12.3 Å². The summed E-state index contributed by atoms with van der Waals surface area (Å²) in [4.78, 5) is 25.5. The SMILES string of the molecule is CN(C)C(=O)[C@H]1CCCN1C(=O)OCC(F)(F)F. The molecule has 0 spiro atoms. The number of amides is 2. The second-order valence-corrected chi connectivity index (χ2v) is 4.25. The highest BCUT2D eigenvalue weighted by Gasteiger charge is 2.38. The van der Waals surface area contributed by atoms with Gasteiger partial charge in [0.2, 0.25) is 5.91 Å². The summed E-state index contributed by atoms with van der Waals surface area (Å²) >= 11 is 0. The molecule has 18 heavy (non-hydrogen) atoms. The molecular weight excluding hydrogens is 253 g/mol. The Balaban J connectivity index is 2.59. The molecule has 0 aromatic rings. The van der Waals surface area contributed by atoms with Crippen LogP contribution in [0.3, 0.4) is 0 Å². The Morgan fingerprint density at radius 3 is 2.50 bits per heavy atom. The molecule has 5 nitrogen and oxygen atoms in total. The number of rotatable bonds is 2. The van der Waals surface area contributed by atoms with Crippen LogP contribution in [0, 0.1) is 0 Å². The lowest BCUT2D eigenvalue weighted by molar-refractivity contribution is -0.162. The van der Waals surface area contributed by atoms with Crippen molar-refractivity contribution >= 4 is 12.0 Å². The lowest BCUT2D eigenvalue weighted by Gasteiger charge is -2.25. The molecule has 0 bridgehead atoms. The van der Waals surface area contributed by atoms with E-state index >= 15 is 0 Å². The maximum Gasteiger partial charge on any atom is 0.422 e. The van der Waals surface area contributed by atoms with Crippen molar-refractivity contribution in [3.05, 3.63) is 0 Å². The van der Waals surface area contributed by atoms with Crippen LogP contribution in [-0.4, -0.2) is 61.3 Å². The van der Waals surface area contributed by atoms with Gasteiger partial charge in [0.25, 0.3) is 0 Å². The first-order valence-electron chi connectivity index (χ1n) is 5.43. The Morgan fingerprint density at radius 2 is 2.00 bits per heavy atom. The molecule has 0 unspecified atom stereocenters. The lowest BCUT2D eigenvalue weighted by Crippen LogP contribution is -2.46. The van der Waals surface area contributed by atoms with Crippen LogP contribution in [0.25, 0.3) is 0 Å². The third kappa shape index (κ3) is 3.78. The minimum atomic E-state index is -4.56. The summed E-state index contributed by atoms with van der Waals surface area (Å²) in [6.07, 6.45) is -4.63. The highest BCUT2D eigenvalue weighted by molar-refractivity contribution is 5.85. The van der Waals surface area contributed by atoms with Gasteiger partial charge in [0, 0.05) is 20.6 Å². The van der Waals surface area contributed by atoms with Gasteiger partial charge in [-0.15, -0.1) is 0 Å². The van der Waals surface area contributed by atoms with Crippen molar-refractivity contribution in [2.75, 3.05) is 27.2 Å². The number of carbonyl (C=O) groups is 2. The van der Waals surface area contributed by atoms with Gasteiger partial charge in [-0.3, -0.25) is 9.69 Å². The third-order valence-corrected chi connectivity index (χ3v) is 2.57. The average molecular weight is 268 g/mol. The molecule has 1 atom stereocenters. The lowest BCUT2D eigenvalue weighted by atomic mass is 10.2. The fourth-order valence-electron chi connectivity index (χ4n) is 1.77. The summed E-state index contributed by atoms with van der Waals surface area (Å²) in [7, 11) is 3.06. The summed E-state index contributed by atoms with van der Waals surface area (Å²) in [6, 6.07) is -0.722. The number of alkyl halides is 3. The van der Waals surface area contributed by atoms with Crippen LogP contribution in [0.1, 0.15) is 12.8 Å². The highest BCUT2D eigenvalue weighted by Crippen LogP contribution is 2.21. The van der Waals surface area contributed by atoms with Gasteiger partial charge in [0.15, 0.2) is 6.61 Å².